The lowest BCUT2D eigenvalue weighted by Crippen LogP contribution is -2.33. The first kappa shape index (κ1) is 17.0. The topological polar surface area (TPSA) is 44.1 Å². The van der Waals surface area contributed by atoms with E-state index in [9.17, 15) is 10.1 Å². The number of nitriles is 1. The first-order valence-electron chi connectivity index (χ1n) is 7.70. The summed E-state index contributed by atoms with van der Waals surface area (Å²) in [7, 11) is 0. The summed E-state index contributed by atoms with van der Waals surface area (Å²) in [4.78, 5) is 15.3. The van der Waals surface area contributed by atoms with Crippen molar-refractivity contribution in [3.05, 3.63) is 53.4 Å². The van der Waals surface area contributed by atoms with Crippen molar-refractivity contribution in [3.8, 4) is 16.5 Å². The van der Waals surface area contributed by atoms with Gasteiger partial charge in [-0.05, 0) is 42.0 Å². The zero-order chi connectivity index (χ0) is 16.8. The Morgan fingerprint density at radius 1 is 1.35 bits per heavy atom. The number of hydrogen-bond donors (Lipinski definition) is 0. The van der Waals surface area contributed by atoms with E-state index >= 15 is 0 Å². The molecule has 0 aliphatic rings. The van der Waals surface area contributed by atoms with Crippen LogP contribution in [0.3, 0.4) is 0 Å². The largest absolute Gasteiger partial charge is 0.307 e. The Kier molecular flexibility index (Phi) is 5.72. The van der Waals surface area contributed by atoms with E-state index in [0.717, 1.165) is 16.9 Å². The summed E-state index contributed by atoms with van der Waals surface area (Å²) in [5.41, 5.74) is 2.74. The number of carbonyl (C=O) groups excluding carboxylic acids is 1. The minimum Gasteiger partial charge on any atom is -0.307 e. The minimum absolute atomic E-state index is 0.102. The van der Waals surface area contributed by atoms with E-state index in [4.69, 9.17) is 0 Å². The fraction of sp³-hybridized carbons (Fsp3) is 0.263. The maximum Gasteiger partial charge on any atom is 0.253 e. The Morgan fingerprint density at radius 2 is 2.13 bits per heavy atom. The summed E-state index contributed by atoms with van der Waals surface area (Å²) in [5, 5.41) is 11.5. The van der Waals surface area contributed by atoms with Crippen molar-refractivity contribution in [1.82, 2.24) is 0 Å². The maximum atomic E-state index is 12.6. The van der Waals surface area contributed by atoms with E-state index in [1.807, 2.05) is 49.6 Å². The fourth-order valence-electron chi connectivity index (χ4n) is 2.35. The molecule has 1 amide bonds. The summed E-state index contributed by atoms with van der Waals surface area (Å²) in [6.07, 6.45) is 1.43. The number of thiophene rings is 1. The van der Waals surface area contributed by atoms with Gasteiger partial charge in [0.1, 0.15) is 6.07 Å². The molecular formula is C19H20N2OS. The van der Waals surface area contributed by atoms with E-state index in [1.165, 1.54) is 0 Å². The summed E-state index contributed by atoms with van der Waals surface area (Å²) in [5.74, 6) is -0.102. The smallest absolute Gasteiger partial charge is 0.253 e. The van der Waals surface area contributed by atoms with Crippen LogP contribution in [-0.2, 0) is 4.79 Å². The first-order valence-corrected chi connectivity index (χ1v) is 8.58. The molecule has 0 fully saturated rings. The summed E-state index contributed by atoms with van der Waals surface area (Å²) >= 11 is 1.63. The number of hydrogen-bond acceptors (Lipinski definition) is 3. The quantitative estimate of drug-likeness (QED) is 0.702. The molecule has 0 bridgehead atoms. The van der Waals surface area contributed by atoms with E-state index in [-0.39, 0.29) is 5.91 Å². The average Bonchev–Trinajstić information content (AvgIpc) is 3.12. The lowest BCUT2D eigenvalue weighted by atomic mass is 10.1. The molecule has 1 aromatic heterocycles. The SMILES string of the molecule is C=C(CC)C(=O)N(CCC)c1ccc(-c2cccs2)cc1C#N. The van der Waals surface area contributed by atoms with Gasteiger partial charge in [0, 0.05) is 17.0 Å². The number of amides is 1. The van der Waals surface area contributed by atoms with Crippen LogP contribution in [0.2, 0.25) is 0 Å². The molecule has 0 saturated carbocycles. The van der Waals surface area contributed by atoms with Crippen LogP contribution in [0.5, 0.6) is 0 Å². The Morgan fingerprint density at radius 3 is 2.70 bits per heavy atom. The highest BCUT2D eigenvalue weighted by atomic mass is 32.1. The van der Waals surface area contributed by atoms with Crippen LogP contribution < -0.4 is 4.90 Å². The lowest BCUT2D eigenvalue weighted by Gasteiger charge is -2.24. The molecule has 0 unspecified atom stereocenters. The predicted molar refractivity (Wildman–Crippen MR) is 96.5 cm³/mol. The standard InChI is InChI=1S/C19H20N2OS/c1-4-10-21(19(22)14(3)5-2)17-9-8-15(12-16(17)13-20)18-7-6-11-23-18/h6-9,11-12H,3-5,10H2,1-2H3. The number of carbonyl (C=O) groups is 1. The first-order chi connectivity index (χ1) is 11.1. The molecule has 23 heavy (non-hydrogen) atoms. The molecule has 0 aliphatic carbocycles. The molecule has 1 aromatic carbocycles. The van der Waals surface area contributed by atoms with Gasteiger partial charge in [-0.3, -0.25) is 4.79 Å². The van der Waals surface area contributed by atoms with Crippen molar-refractivity contribution >= 4 is 22.9 Å². The van der Waals surface area contributed by atoms with Crippen LogP contribution in [0, 0.1) is 11.3 Å². The van der Waals surface area contributed by atoms with Gasteiger partial charge in [-0.15, -0.1) is 11.3 Å². The van der Waals surface area contributed by atoms with Gasteiger partial charge in [-0.1, -0.05) is 32.6 Å². The molecule has 0 radical (unpaired) electrons. The average molecular weight is 324 g/mol. The van der Waals surface area contributed by atoms with Gasteiger partial charge < -0.3 is 4.90 Å². The van der Waals surface area contributed by atoms with Crippen LogP contribution >= 0.6 is 11.3 Å². The molecule has 2 aromatic rings. The molecule has 0 saturated heterocycles. The Bertz CT molecular complexity index is 741. The van der Waals surface area contributed by atoms with E-state index in [2.05, 4.69) is 12.6 Å². The van der Waals surface area contributed by atoms with Crippen LogP contribution in [0.4, 0.5) is 5.69 Å². The fourth-order valence-corrected chi connectivity index (χ4v) is 3.08. The molecule has 0 N–H and O–H groups in total. The van der Waals surface area contributed by atoms with Crippen molar-refractivity contribution in [1.29, 1.82) is 5.26 Å². The van der Waals surface area contributed by atoms with Crippen LogP contribution in [0.1, 0.15) is 32.3 Å². The van der Waals surface area contributed by atoms with Crippen molar-refractivity contribution in [2.75, 3.05) is 11.4 Å². The van der Waals surface area contributed by atoms with Crippen molar-refractivity contribution in [2.45, 2.75) is 26.7 Å². The van der Waals surface area contributed by atoms with Crippen molar-refractivity contribution < 1.29 is 4.79 Å². The third-order valence-electron chi connectivity index (χ3n) is 3.64. The highest BCUT2D eigenvalue weighted by Crippen LogP contribution is 2.30. The highest BCUT2D eigenvalue weighted by molar-refractivity contribution is 7.13. The van der Waals surface area contributed by atoms with Gasteiger partial charge in [0.25, 0.3) is 5.91 Å². The van der Waals surface area contributed by atoms with Gasteiger partial charge in [0.2, 0.25) is 0 Å². The van der Waals surface area contributed by atoms with Crippen LogP contribution in [-0.4, -0.2) is 12.5 Å². The van der Waals surface area contributed by atoms with Crippen molar-refractivity contribution in [2.24, 2.45) is 0 Å². The molecule has 0 aliphatic heterocycles. The van der Waals surface area contributed by atoms with Gasteiger partial charge in [0.15, 0.2) is 0 Å². The summed E-state index contributed by atoms with van der Waals surface area (Å²) in [6, 6.07) is 11.9. The molecule has 1 heterocycles. The van der Waals surface area contributed by atoms with Crippen molar-refractivity contribution in [3.63, 3.8) is 0 Å². The van der Waals surface area contributed by atoms with Gasteiger partial charge in [-0.25, -0.2) is 0 Å². The van der Waals surface area contributed by atoms with Gasteiger partial charge >= 0.3 is 0 Å². The molecule has 3 nitrogen and oxygen atoms in total. The number of anilines is 1. The Labute approximate surface area is 141 Å². The molecule has 118 valence electrons. The van der Waals surface area contributed by atoms with Crippen LogP contribution in [0.25, 0.3) is 10.4 Å². The molecule has 4 heteroatoms. The second-order valence-electron chi connectivity index (χ2n) is 5.23. The molecular weight excluding hydrogens is 304 g/mol. The highest BCUT2D eigenvalue weighted by Gasteiger charge is 2.20. The number of nitrogens with zero attached hydrogens (tertiary/aromatic N) is 2. The van der Waals surface area contributed by atoms with Gasteiger partial charge in [-0.2, -0.15) is 5.26 Å². The van der Waals surface area contributed by atoms with E-state index in [1.54, 1.807) is 16.2 Å². The zero-order valence-electron chi connectivity index (χ0n) is 13.5. The summed E-state index contributed by atoms with van der Waals surface area (Å²) < 4.78 is 0. The number of rotatable bonds is 6. The lowest BCUT2D eigenvalue weighted by molar-refractivity contribution is -0.115. The third kappa shape index (κ3) is 3.69. The predicted octanol–water partition coefficient (Wildman–Crippen LogP) is 5.00. The molecule has 0 atom stereocenters. The zero-order valence-corrected chi connectivity index (χ0v) is 14.3. The summed E-state index contributed by atoms with van der Waals surface area (Å²) in [6.45, 7) is 8.34. The number of benzene rings is 1. The van der Waals surface area contributed by atoms with E-state index < -0.39 is 0 Å². The Hall–Kier alpha value is -2.38. The third-order valence-corrected chi connectivity index (χ3v) is 4.55. The monoisotopic (exact) mass is 324 g/mol. The molecule has 0 spiro atoms. The van der Waals surface area contributed by atoms with Gasteiger partial charge in [0.05, 0.1) is 11.3 Å². The normalized spacial score (nSPS) is 10.1. The second-order valence-corrected chi connectivity index (χ2v) is 6.18. The van der Waals surface area contributed by atoms with E-state index in [0.29, 0.717) is 29.8 Å². The maximum absolute atomic E-state index is 12.6. The minimum atomic E-state index is -0.102. The Balaban J connectivity index is 2.45. The second kappa shape index (κ2) is 7.75. The molecule has 2 rings (SSSR count). The van der Waals surface area contributed by atoms with Crippen LogP contribution in [0.15, 0.2) is 47.9 Å².